The number of nitrogens with one attached hydrogen (secondary N) is 1. The van der Waals surface area contributed by atoms with Crippen LogP contribution < -0.4 is 15.0 Å². The van der Waals surface area contributed by atoms with Crippen LogP contribution in [0.25, 0.3) is 0 Å². The fraction of sp³-hybridized carbons (Fsp3) is 0.208. The van der Waals surface area contributed by atoms with Gasteiger partial charge in [0, 0.05) is 29.9 Å². The van der Waals surface area contributed by atoms with Gasteiger partial charge in [-0.15, -0.1) is 0 Å². The highest BCUT2D eigenvalue weighted by Crippen LogP contribution is 2.27. The molecule has 0 aromatic heterocycles. The molecular formula is C24H24N2O2. The standard InChI is InChI=1S/C24H24N2O2/c27-24(25-14-13-19-7-3-1-4-8-19)20-11-12-21-18-26(15-16-28-23(21)17-20)22-9-5-2-6-10-22/h1-12,17H,13-16,18H2,(H,25,27). The Morgan fingerprint density at radius 1 is 0.964 bits per heavy atom. The van der Waals surface area contributed by atoms with E-state index < -0.39 is 0 Å². The van der Waals surface area contributed by atoms with Gasteiger partial charge in [0.05, 0.1) is 6.54 Å². The zero-order valence-electron chi connectivity index (χ0n) is 15.8. The molecule has 142 valence electrons. The molecule has 4 nitrogen and oxygen atoms in total. The second-order valence-corrected chi connectivity index (χ2v) is 6.92. The van der Waals surface area contributed by atoms with Crippen molar-refractivity contribution in [3.63, 3.8) is 0 Å². The summed E-state index contributed by atoms with van der Waals surface area (Å²) in [5, 5.41) is 3.00. The fourth-order valence-electron chi connectivity index (χ4n) is 3.44. The van der Waals surface area contributed by atoms with Crippen molar-refractivity contribution in [3.05, 3.63) is 95.6 Å². The molecule has 28 heavy (non-hydrogen) atoms. The number of carbonyl (C=O) groups is 1. The van der Waals surface area contributed by atoms with Crippen molar-refractivity contribution >= 4 is 11.6 Å². The Morgan fingerprint density at radius 2 is 1.71 bits per heavy atom. The van der Waals surface area contributed by atoms with Gasteiger partial charge >= 0.3 is 0 Å². The molecule has 0 saturated heterocycles. The normalized spacial score (nSPS) is 13.2. The first-order valence-electron chi connectivity index (χ1n) is 9.67. The van der Waals surface area contributed by atoms with E-state index in [9.17, 15) is 4.79 Å². The first-order valence-corrected chi connectivity index (χ1v) is 9.67. The third kappa shape index (κ3) is 4.34. The molecule has 1 aliphatic rings. The molecule has 0 spiro atoms. The van der Waals surface area contributed by atoms with Gasteiger partial charge in [0.15, 0.2) is 0 Å². The molecule has 1 amide bonds. The molecule has 4 rings (SSSR count). The number of benzene rings is 3. The lowest BCUT2D eigenvalue weighted by Gasteiger charge is -2.21. The number of fused-ring (bicyclic) bond motifs is 1. The van der Waals surface area contributed by atoms with Crippen molar-refractivity contribution in [3.8, 4) is 5.75 Å². The average Bonchev–Trinajstić information content (AvgIpc) is 2.97. The van der Waals surface area contributed by atoms with Crippen molar-refractivity contribution in [2.45, 2.75) is 13.0 Å². The summed E-state index contributed by atoms with van der Waals surface area (Å²) in [4.78, 5) is 14.8. The third-order valence-corrected chi connectivity index (χ3v) is 4.97. The van der Waals surface area contributed by atoms with Gasteiger partial charge in [0.2, 0.25) is 0 Å². The second-order valence-electron chi connectivity index (χ2n) is 6.92. The van der Waals surface area contributed by atoms with Gasteiger partial charge in [-0.05, 0) is 36.2 Å². The highest BCUT2D eigenvalue weighted by atomic mass is 16.5. The van der Waals surface area contributed by atoms with Crippen LogP contribution in [0.15, 0.2) is 78.9 Å². The minimum Gasteiger partial charge on any atom is -0.491 e. The molecule has 3 aromatic carbocycles. The fourth-order valence-corrected chi connectivity index (χ4v) is 3.44. The molecule has 0 fully saturated rings. The van der Waals surface area contributed by atoms with Crippen molar-refractivity contribution in [2.24, 2.45) is 0 Å². The molecule has 0 unspecified atom stereocenters. The number of hydrogen-bond acceptors (Lipinski definition) is 3. The van der Waals surface area contributed by atoms with E-state index in [0.29, 0.717) is 18.7 Å². The summed E-state index contributed by atoms with van der Waals surface area (Å²) in [6.07, 6.45) is 0.820. The number of amides is 1. The summed E-state index contributed by atoms with van der Waals surface area (Å²) in [5.41, 5.74) is 4.14. The lowest BCUT2D eigenvalue weighted by Crippen LogP contribution is -2.25. The van der Waals surface area contributed by atoms with Gasteiger partial charge in [-0.2, -0.15) is 0 Å². The number of carbonyl (C=O) groups excluding carboxylic acids is 1. The molecule has 0 bridgehead atoms. The Balaban J connectivity index is 1.41. The first kappa shape index (κ1) is 18.1. The minimum atomic E-state index is -0.0634. The molecule has 4 heteroatoms. The molecule has 0 aliphatic carbocycles. The predicted octanol–water partition coefficient (Wildman–Crippen LogP) is 4.06. The van der Waals surface area contributed by atoms with Crippen LogP contribution in [0.4, 0.5) is 5.69 Å². The van der Waals surface area contributed by atoms with E-state index in [4.69, 9.17) is 4.74 Å². The Hall–Kier alpha value is -3.27. The average molecular weight is 372 g/mol. The molecular weight excluding hydrogens is 348 g/mol. The highest BCUT2D eigenvalue weighted by molar-refractivity contribution is 5.94. The summed E-state index contributed by atoms with van der Waals surface area (Å²) in [5.74, 6) is 0.737. The van der Waals surface area contributed by atoms with Crippen LogP contribution in [0.2, 0.25) is 0 Å². The van der Waals surface area contributed by atoms with Gasteiger partial charge in [-0.25, -0.2) is 0 Å². The number of rotatable bonds is 5. The van der Waals surface area contributed by atoms with Gasteiger partial charge < -0.3 is 15.0 Å². The molecule has 1 aliphatic heterocycles. The van der Waals surface area contributed by atoms with Crippen molar-refractivity contribution in [1.82, 2.24) is 5.32 Å². The first-order chi connectivity index (χ1) is 13.8. The van der Waals surface area contributed by atoms with Crippen molar-refractivity contribution < 1.29 is 9.53 Å². The summed E-state index contributed by atoms with van der Waals surface area (Å²) in [7, 11) is 0. The quantitative estimate of drug-likeness (QED) is 0.734. The minimum absolute atomic E-state index is 0.0634. The summed E-state index contributed by atoms with van der Waals surface area (Å²) in [6, 6.07) is 26.3. The third-order valence-electron chi connectivity index (χ3n) is 4.97. The number of hydrogen-bond donors (Lipinski definition) is 1. The lowest BCUT2D eigenvalue weighted by atomic mass is 10.1. The van der Waals surface area contributed by atoms with Crippen LogP contribution in [-0.2, 0) is 13.0 Å². The van der Waals surface area contributed by atoms with E-state index >= 15 is 0 Å². The van der Waals surface area contributed by atoms with Crippen LogP contribution >= 0.6 is 0 Å². The molecule has 0 atom stereocenters. The topological polar surface area (TPSA) is 41.6 Å². The van der Waals surface area contributed by atoms with Gasteiger partial charge in [-0.3, -0.25) is 4.79 Å². The largest absolute Gasteiger partial charge is 0.491 e. The maximum absolute atomic E-state index is 12.5. The maximum Gasteiger partial charge on any atom is 0.251 e. The Kier molecular flexibility index (Phi) is 5.57. The molecule has 0 radical (unpaired) electrons. The summed E-state index contributed by atoms with van der Waals surface area (Å²) >= 11 is 0. The Morgan fingerprint density at radius 3 is 2.50 bits per heavy atom. The zero-order chi connectivity index (χ0) is 19.2. The lowest BCUT2D eigenvalue weighted by molar-refractivity contribution is 0.0953. The van der Waals surface area contributed by atoms with Crippen LogP contribution in [-0.4, -0.2) is 25.6 Å². The van der Waals surface area contributed by atoms with E-state index in [-0.39, 0.29) is 5.91 Å². The second kappa shape index (κ2) is 8.61. The van der Waals surface area contributed by atoms with Gasteiger partial charge in [0.1, 0.15) is 12.4 Å². The maximum atomic E-state index is 12.5. The molecule has 0 saturated carbocycles. The van der Waals surface area contributed by atoms with Gasteiger partial charge in [-0.1, -0.05) is 54.6 Å². The van der Waals surface area contributed by atoms with Crippen LogP contribution in [0.3, 0.4) is 0 Å². The molecule has 3 aromatic rings. The van der Waals surface area contributed by atoms with Crippen LogP contribution in [0.5, 0.6) is 5.75 Å². The summed E-state index contributed by atoms with van der Waals surface area (Å²) in [6.45, 7) is 2.80. The smallest absolute Gasteiger partial charge is 0.251 e. The number of ether oxygens (including phenoxy) is 1. The Labute approximate surface area is 165 Å². The summed E-state index contributed by atoms with van der Waals surface area (Å²) < 4.78 is 5.94. The molecule has 1 heterocycles. The van der Waals surface area contributed by atoms with Gasteiger partial charge in [0.25, 0.3) is 5.91 Å². The zero-order valence-corrected chi connectivity index (χ0v) is 15.8. The van der Waals surface area contributed by atoms with E-state index in [2.05, 4.69) is 34.5 Å². The highest BCUT2D eigenvalue weighted by Gasteiger charge is 2.17. The van der Waals surface area contributed by atoms with E-state index in [0.717, 1.165) is 30.8 Å². The predicted molar refractivity (Wildman–Crippen MR) is 112 cm³/mol. The number of para-hydroxylation sites is 1. The van der Waals surface area contributed by atoms with E-state index in [1.807, 2.05) is 54.6 Å². The van der Waals surface area contributed by atoms with E-state index in [1.54, 1.807) is 0 Å². The van der Waals surface area contributed by atoms with Crippen molar-refractivity contribution in [1.29, 1.82) is 0 Å². The van der Waals surface area contributed by atoms with Crippen LogP contribution in [0, 0.1) is 0 Å². The number of anilines is 1. The van der Waals surface area contributed by atoms with Crippen molar-refractivity contribution in [2.75, 3.05) is 24.6 Å². The Bertz CT molecular complexity index is 926. The SMILES string of the molecule is O=C(NCCc1ccccc1)c1ccc2c(c1)OCCN(c1ccccc1)C2. The van der Waals surface area contributed by atoms with Crippen LogP contribution in [0.1, 0.15) is 21.5 Å². The van der Waals surface area contributed by atoms with E-state index in [1.165, 1.54) is 11.3 Å². The monoisotopic (exact) mass is 372 g/mol. The molecule has 1 N–H and O–H groups in total. The number of nitrogens with zero attached hydrogens (tertiary/aromatic N) is 1.